The number of hydrogen-bond donors (Lipinski definition) is 1. The minimum Gasteiger partial charge on any atom is -0.497 e. The van der Waals surface area contributed by atoms with Gasteiger partial charge in [-0.05, 0) is 30.5 Å². The first-order valence-electron chi connectivity index (χ1n) is 7.40. The fourth-order valence-corrected chi connectivity index (χ4v) is 3.22. The number of carbonyl (C=O) groups excluding carboxylic acids is 2. The predicted molar refractivity (Wildman–Crippen MR) is 77.8 cm³/mol. The van der Waals surface area contributed by atoms with E-state index in [4.69, 9.17) is 4.74 Å². The lowest BCUT2D eigenvalue weighted by molar-refractivity contribution is -0.136. The Morgan fingerprint density at radius 2 is 2.10 bits per heavy atom. The molecule has 2 unspecified atom stereocenters. The Morgan fingerprint density at radius 1 is 1.33 bits per heavy atom. The Bertz CT molecular complexity index is 541. The van der Waals surface area contributed by atoms with Crippen LogP contribution in [-0.4, -0.2) is 36.9 Å². The van der Waals surface area contributed by atoms with Gasteiger partial charge >= 0.3 is 0 Å². The van der Waals surface area contributed by atoms with Gasteiger partial charge in [0.05, 0.1) is 19.1 Å². The number of ether oxygens (including phenoxy) is 1. The maximum atomic E-state index is 12.6. The quantitative estimate of drug-likeness (QED) is 0.917. The van der Waals surface area contributed by atoms with E-state index in [0.717, 1.165) is 30.7 Å². The third kappa shape index (κ3) is 2.73. The second-order valence-corrected chi connectivity index (χ2v) is 5.67. The van der Waals surface area contributed by atoms with E-state index in [1.165, 1.54) is 0 Å². The van der Waals surface area contributed by atoms with Gasteiger partial charge in [0, 0.05) is 19.5 Å². The maximum Gasteiger partial charge on any atom is 0.228 e. The first-order valence-corrected chi connectivity index (χ1v) is 7.40. The molecule has 0 radical (unpaired) electrons. The third-order valence-electron chi connectivity index (χ3n) is 4.36. The van der Waals surface area contributed by atoms with Gasteiger partial charge in [0.1, 0.15) is 5.75 Å². The molecular formula is C16H20N2O3. The van der Waals surface area contributed by atoms with Crippen molar-refractivity contribution >= 4 is 11.8 Å². The number of hydrogen-bond acceptors (Lipinski definition) is 3. The summed E-state index contributed by atoms with van der Waals surface area (Å²) in [6, 6.07) is 8.02. The molecule has 3 rings (SSSR count). The molecule has 0 bridgehead atoms. The molecule has 1 N–H and O–H groups in total. The van der Waals surface area contributed by atoms with Crippen molar-refractivity contribution in [3.8, 4) is 5.75 Å². The van der Waals surface area contributed by atoms with E-state index in [0.29, 0.717) is 13.0 Å². The Hall–Kier alpha value is -2.04. The Balaban J connectivity index is 1.75. The highest BCUT2D eigenvalue weighted by Gasteiger charge is 2.37. The van der Waals surface area contributed by atoms with Gasteiger partial charge < -0.3 is 15.0 Å². The summed E-state index contributed by atoms with van der Waals surface area (Å²) < 4.78 is 5.17. The minimum absolute atomic E-state index is 0.0199. The smallest absolute Gasteiger partial charge is 0.228 e. The van der Waals surface area contributed by atoms with Crippen LogP contribution in [0, 0.1) is 5.92 Å². The number of methoxy groups -OCH3 is 1. The number of rotatable bonds is 3. The van der Waals surface area contributed by atoms with Crippen LogP contribution in [0.15, 0.2) is 24.3 Å². The molecule has 0 aliphatic carbocycles. The highest BCUT2D eigenvalue weighted by molar-refractivity contribution is 5.89. The second kappa shape index (κ2) is 5.76. The van der Waals surface area contributed by atoms with Crippen molar-refractivity contribution in [1.82, 2.24) is 10.2 Å². The van der Waals surface area contributed by atoms with E-state index in [9.17, 15) is 9.59 Å². The number of nitrogens with zero attached hydrogens (tertiary/aromatic N) is 1. The largest absolute Gasteiger partial charge is 0.497 e. The fraction of sp³-hybridized carbons (Fsp3) is 0.500. The van der Waals surface area contributed by atoms with Crippen LogP contribution in [-0.2, 0) is 9.59 Å². The third-order valence-corrected chi connectivity index (χ3v) is 4.36. The van der Waals surface area contributed by atoms with Crippen molar-refractivity contribution < 1.29 is 14.3 Å². The lowest BCUT2D eigenvalue weighted by Crippen LogP contribution is -2.36. The highest BCUT2D eigenvalue weighted by atomic mass is 16.5. The summed E-state index contributed by atoms with van der Waals surface area (Å²) in [5.74, 6) is 0.705. The molecule has 2 aliphatic rings. The second-order valence-electron chi connectivity index (χ2n) is 5.67. The van der Waals surface area contributed by atoms with Crippen LogP contribution in [0.1, 0.15) is 30.9 Å². The fourth-order valence-electron chi connectivity index (χ4n) is 3.22. The summed E-state index contributed by atoms with van der Waals surface area (Å²) in [4.78, 5) is 25.8. The van der Waals surface area contributed by atoms with E-state index < -0.39 is 0 Å². The van der Waals surface area contributed by atoms with Gasteiger partial charge in [-0.3, -0.25) is 9.59 Å². The predicted octanol–water partition coefficient (Wildman–Crippen LogP) is 1.49. The van der Waals surface area contributed by atoms with Crippen molar-refractivity contribution in [2.45, 2.75) is 25.3 Å². The number of carbonyl (C=O) groups is 2. The molecule has 21 heavy (non-hydrogen) atoms. The topological polar surface area (TPSA) is 58.6 Å². The van der Waals surface area contributed by atoms with Gasteiger partial charge in [-0.25, -0.2) is 0 Å². The molecule has 2 amide bonds. The molecule has 5 nitrogen and oxygen atoms in total. The molecule has 1 aromatic rings. The van der Waals surface area contributed by atoms with Crippen LogP contribution < -0.4 is 10.1 Å². The molecule has 1 aromatic carbocycles. The monoisotopic (exact) mass is 288 g/mol. The van der Waals surface area contributed by atoms with Gasteiger partial charge in [-0.1, -0.05) is 12.1 Å². The van der Waals surface area contributed by atoms with Crippen LogP contribution in [0.25, 0.3) is 0 Å². The zero-order chi connectivity index (χ0) is 14.8. The number of amides is 2. The van der Waals surface area contributed by atoms with Crippen molar-refractivity contribution in [2.24, 2.45) is 5.92 Å². The Morgan fingerprint density at radius 3 is 2.71 bits per heavy atom. The molecule has 2 atom stereocenters. The lowest BCUT2D eigenvalue weighted by atomic mass is 10.0. The zero-order valence-corrected chi connectivity index (χ0v) is 12.2. The summed E-state index contributed by atoms with van der Waals surface area (Å²) in [6.07, 6.45) is 2.31. The summed E-state index contributed by atoms with van der Waals surface area (Å²) >= 11 is 0. The molecule has 0 aromatic heterocycles. The maximum absolute atomic E-state index is 12.6. The van der Waals surface area contributed by atoms with E-state index in [2.05, 4.69) is 5.32 Å². The average Bonchev–Trinajstić information content (AvgIpc) is 3.15. The summed E-state index contributed by atoms with van der Waals surface area (Å²) in [5, 5.41) is 2.74. The summed E-state index contributed by atoms with van der Waals surface area (Å²) in [5.41, 5.74) is 1.14. The van der Waals surface area contributed by atoms with Crippen molar-refractivity contribution in [3.05, 3.63) is 29.8 Å². The first-order chi connectivity index (χ1) is 10.2. The van der Waals surface area contributed by atoms with Crippen LogP contribution in [0.5, 0.6) is 5.75 Å². The first kappa shape index (κ1) is 13.9. The molecule has 2 heterocycles. The van der Waals surface area contributed by atoms with Crippen molar-refractivity contribution in [3.63, 3.8) is 0 Å². The van der Waals surface area contributed by atoms with E-state index >= 15 is 0 Å². The zero-order valence-electron chi connectivity index (χ0n) is 12.2. The van der Waals surface area contributed by atoms with E-state index in [-0.39, 0.29) is 23.8 Å². The van der Waals surface area contributed by atoms with Gasteiger partial charge in [0.2, 0.25) is 11.8 Å². The normalized spacial score (nSPS) is 25.0. The number of nitrogens with one attached hydrogen (secondary N) is 1. The molecule has 2 aliphatic heterocycles. The van der Waals surface area contributed by atoms with Gasteiger partial charge in [0.15, 0.2) is 0 Å². The SMILES string of the molecule is COc1ccc(C2CCCN2C(=O)C2CNC(=O)C2)cc1. The molecule has 2 saturated heterocycles. The summed E-state index contributed by atoms with van der Waals surface area (Å²) in [7, 11) is 1.64. The molecule has 112 valence electrons. The van der Waals surface area contributed by atoms with Crippen LogP contribution >= 0.6 is 0 Å². The van der Waals surface area contributed by atoms with Crippen LogP contribution in [0.2, 0.25) is 0 Å². The highest BCUT2D eigenvalue weighted by Crippen LogP contribution is 2.34. The molecule has 0 spiro atoms. The van der Waals surface area contributed by atoms with Gasteiger partial charge in [0.25, 0.3) is 0 Å². The van der Waals surface area contributed by atoms with Crippen molar-refractivity contribution in [1.29, 1.82) is 0 Å². The molecule has 5 heteroatoms. The number of benzene rings is 1. The van der Waals surface area contributed by atoms with Gasteiger partial charge in [-0.2, -0.15) is 0 Å². The Labute approximate surface area is 124 Å². The molecular weight excluding hydrogens is 268 g/mol. The van der Waals surface area contributed by atoms with Crippen LogP contribution in [0.4, 0.5) is 0 Å². The van der Waals surface area contributed by atoms with Crippen molar-refractivity contribution in [2.75, 3.05) is 20.2 Å². The number of likely N-dealkylation sites (tertiary alicyclic amines) is 1. The Kier molecular flexibility index (Phi) is 3.82. The standard InChI is InChI=1S/C16H20N2O3/c1-21-13-6-4-11(5-7-13)14-3-2-8-18(14)16(20)12-9-15(19)17-10-12/h4-7,12,14H,2-3,8-10H2,1H3,(H,17,19). The molecule has 2 fully saturated rings. The van der Waals surface area contributed by atoms with E-state index in [1.807, 2.05) is 29.2 Å². The summed E-state index contributed by atoms with van der Waals surface area (Å²) in [6.45, 7) is 1.25. The minimum atomic E-state index is -0.198. The van der Waals surface area contributed by atoms with E-state index in [1.54, 1.807) is 7.11 Å². The lowest BCUT2D eigenvalue weighted by Gasteiger charge is -2.27. The van der Waals surface area contributed by atoms with Crippen LogP contribution in [0.3, 0.4) is 0 Å². The average molecular weight is 288 g/mol. The molecule has 0 saturated carbocycles. The van der Waals surface area contributed by atoms with Gasteiger partial charge in [-0.15, -0.1) is 0 Å².